The number of hydrogen-bond acceptors (Lipinski definition) is 2. The van der Waals surface area contributed by atoms with Crippen LogP contribution in [-0.4, -0.2) is 10.2 Å². The second kappa shape index (κ2) is 12.8. The average Bonchev–Trinajstić information content (AvgIpc) is 3.13. The van der Waals surface area contributed by atoms with Crippen molar-refractivity contribution in [2.75, 3.05) is 0 Å². The molecule has 3 heteroatoms. The van der Waals surface area contributed by atoms with Gasteiger partial charge in [-0.05, 0) is 45.5 Å². The summed E-state index contributed by atoms with van der Waals surface area (Å²) in [6.45, 7) is 4.54. The fraction of sp³-hybridized carbons (Fsp3) is 0.0857. The number of fused-ring (bicyclic) bond motifs is 3. The normalized spacial score (nSPS) is 11.7. The molecule has 0 atom stereocenters. The predicted molar refractivity (Wildman–Crippen MR) is 157 cm³/mol. The average molecular weight is 535 g/mol. The van der Waals surface area contributed by atoms with Crippen LogP contribution in [0.3, 0.4) is 0 Å². The molecule has 0 fully saturated rings. The third kappa shape index (κ3) is 5.62. The molecule has 0 aromatic heterocycles. The van der Waals surface area contributed by atoms with E-state index in [1.165, 1.54) is 22.3 Å². The molecule has 0 heterocycles. The Morgan fingerprint density at radius 2 is 0.895 bits per heavy atom. The standard InChI is InChI=1S/C21H18O.C12H10O.2CH3.Ti/c1-21(2)17-11-5-3-9-16(17)20-15(10-7-12-18(20)21)14-8-4-6-13-19(14)22;13-12-9-5-4-8-11(12)10-6-2-1-3-7-10;;;/h3-13,22H,1-2H3;1-9,13H;2*1H3;/q;;2*-1;+2. The van der Waals surface area contributed by atoms with E-state index < -0.39 is 0 Å². The minimum atomic E-state index is -0.00760. The van der Waals surface area contributed by atoms with Crippen molar-refractivity contribution < 1.29 is 31.9 Å². The van der Waals surface area contributed by atoms with Crippen LogP contribution in [0.15, 0.2) is 121 Å². The first-order valence-corrected chi connectivity index (χ1v) is 11.8. The molecule has 0 bridgehead atoms. The maximum absolute atomic E-state index is 10.3. The third-order valence-corrected chi connectivity index (χ3v) is 6.79. The van der Waals surface area contributed by atoms with Crippen molar-refractivity contribution in [2.24, 2.45) is 0 Å². The molecule has 38 heavy (non-hydrogen) atoms. The van der Waals surface area contributed by atoms with Gasteiger partial charge in [-0.2, -0.15) is 0 Å². The van der Waals surface area contributed by atoms with E-state index in [0.717, 1.165) is 22.3 Å². The number of aromatic hydroxyl groups is 2. The quantitative estimate of drug-likeness (QED) is 0.175. The zero-order valence-electron chi connectivity index (χ0n) is 22.4. The maximum Gasteiger partial charge on any atom is 2.00 e. The molecule has 0 saturated carbocycles. The van der Waals surface area contributed by atoms with Gasteiger partial charge in [0.2, 0.25) is 0 Å². The largest absolute Gasteiger partial charge is 2.00 e. The summed E-state index contributed by atoms with van der Waals surface area (Å²) < 4.78 is 0. The molecular formula is C35H34O2Ti. The van der Waals surface area contributed by atoms with Gasteiger partial charge in [0.25, 0.3) is 0 Å². The molecule has 0 radical (unpaired) electrons. The summed E-state index contributed by atoms with van der Waals surface area (Å²) in [5.41, 5.74) is 9.13. The molecule has 2 nitrogen and oxygen atoms in total. The summed E-state index contributed by atoms with van der Waals surface area (Å²) in [5.74, 6) is 0.659. The van der Waals surface area contributed by atoms with Crippen LogP contribution in [-0.2, 0) is 27.1 Å². The van der Waals surface area contributed by atoms with Crippen LogP contribution in [0.25, 0.3) is 33.4 Å². The van der Waals surface area contributed by atoms with Crippen LogP contribution < -0.4 is 0 Å². The smallest absolute Gasteiger partial charge is 0.507 e. The molecule has 1 aliphatic rings. The van der Waals surface area contributed by atoms with Crippen molar-refractivity contribution in [3.05, 3.63) is 147 Å². The summed E-state index contributed by atoms with van der Waals surface area (Å²) in [4.78, 5) is 0. The molecule has 5 aromatic carbocycles. The third-order valence-electron chi connectivity index (χ3n) is 6.79. The van der Waals surface area contributed by atoms with Crippen LogP contribution in [0.2, 0.25) is 0 Å². The second-order valence-corrected chi connectivity index (χ2v) is 9.30. The van der Waals surface area contributed by atoms with Gasteiger partial charge in [-0.1, -0.05) is 123 Å². The summed E-state index contributed by atoms with van der Waals surface area (Å²) in [6.07, 6.45) is 0. The minimum absolute atomic E-state index is 0. The van der Waals surface area contributed by atoms with Crippen molar-refractivity contribution >= 4 is 0 Å². The van der Waals surface area contributed by atoms with E-state index in [2.05, 4.69) is 56.3 Å². The van der Waals surface area contributed by atoms with Gasteiger partial charge < -0.3 is 25.1 Å². The van der Waals surface area contributed by atoms with E-state index in [0.29, 0.717) is 11.5 Å². The van der Waals surface area contributed by atoms with Crippen molar-refractivity contribution in [1.29, 1.82) is 0 Å². The molecule has 0 aliphatic heterocycles. The predicted octanol–water partition coefficient (Wildman–Crippen LogP) is 9.32. The first-order chi connectivity index (χ1) is 17.0. The zero-order chi connectivity index (χ0) is 24.4. The summed E-state index contributed by atoms with van der Waals surface area (Å²) in [7, 11) is 0. The maximum atomic E-state index is 10.3. The van der Waals surface area contributed by atoms with Gasteiger partial charge in [0, 0.05) is 16.5 Å². The number of phenols is 2. The van der Waals surface area contributed by atoms with Crippen molar-refractivity contribution in [3.8, 4) is 44.9 Å². The zero-order valence-corrected chi connectivity index (χ0v) is 24.0. The fourth-order valence-electron chi connectivity index (χ4n) is 5.02. The number of rotatable bonds is 2. The van der Waals surface area contributed by atoms with Gasteiger partial charge >= 0.3 is 21.7 Å². The van der Waals surface area contributed by atoms with Crippen LogP contribution in [0.1, 0.15) is 25.0 Å². The van der Waals surface area contributed by atoms with Crippen LogP contribution in [0.5, 0.6) is 11.5 Å². The number of hydrogen-bond donors (Lipinski definition) is 2. The van der Waals surface area contributed by atoms with Gasteiger partial charge in [0.15, 0.2) is 0 Å². The Labute approximate surface area is 242 Å². The summed E-state index contributed by atoms with van der Waals surface area (Å²) in [5, 5.41) is 19.8. The Balaban J connectivity index is 0.000000276. The first-order valence-electron chi connectivity index (χ1n) is 11.8. The number of para-hydroxylation sites is 2. The molecule has 0 spiro atoms. The van der Waals surface area contributed by atoms with E-state index in [9.17, 15) is 10.2 Å². The first kappa shape index (κ1) is 30.6. The van der Waals surface area contributed by atoms with Crippen molar-refractivity contribution in [3.63, 3.8) is 0 Å². The van der Waals surface area contributed by atoms with Crippen molar-refractivity contribution in [1.82, 2.24) is 0 Å². The number of benzene rings is 5. The molecule has 0 amide bonds. The van der Waals surface area contributed by atoms with Gasteiger partial charge in [-0.15, -0.1) is 0 Å². The van der Waals surface area contributed by atoms with E-state index in [4.69, 9.17) is 0 Å². The van der Waals surface area contributed by atoms with Crippen LogP contribution in [0.4, 0.5) is 0 Å². The van der Waals surface area contributed by atoms with Crippen LogP contribution in [0, 0.1) is 14.9 Å². The fourth-order valence-corrected chi connectivity index (χ4v) is 5.02. The Hall–Kier alpha value is -3.59. The monoisotopic (exact) mass is 534 g/mol. The molecule has 190 valence electrons. The van der Waals surface area contributed by atoms with Gasteiger partial charge in [-0.3, -0.25) is 0 Å². The Kier molecular flexibility index (Phi) is 10.3. The van der Waals surface area contributed by atoms with Gasteiger partial charge in [0.05, 0.1) is 0 Å². The molecule has 1 aliphatic carbocycles. The SMILES string of the molecule is CC1(C)c2ccccc2-c2c(-c3ccccc3O)cccc21.Oc1ccccc1-c1ccccc1.[CH3-].[CH3-].[Ti+2]. The van der Waals surface area contributed by atoms with E-state index >= 15 is 0 Å². The Bertz CT molecular complexity index is 1490. The van der Waals surface area contributed by atoms with Crippen LogP contribution >= 0.6 is 0 Å². The summed E-state index contributed by atoms with van der Waals surface area (Å²) in [6, 6.07) is 39.8. The molecule has 0 unspecified atom stereocenters. The topological polar surface area (TPSA) is 40.5 Å². The Morgan fingerprint density at radius 3 is 1.50 bits per heavy atom. The minimum Gasteiger partial charge on any atom is -0.507 e. The van der Waals surface area contributed by atoms with E-state index in [1.807, 2.05) is 66.7 Å². The second-order valence-electron chi connectivity index (χ2n) is 9.30. The molecule has 2 N–H and O–H groups in total. The van der Waals surface area contributed by atoms with Gasteiger partial charge in [-0.25, -0.2) is 0 Å². The van der Waals surface area contributed by atoms with Gasteiger partial charge in [0.1, 0.15) is 11.5 Å². The van der Waals surface area contributed by atoms with E-state index in [1.54, 1.807) is 12.1 Å². The van der Waals surface area contributed by atoms with E-state index in [-0.39, 0.29) is 42.0 Å². The molecule has 5 aromatic rings. The molecular weight excluding hydrogens is 500 g/mol. The summed E-state index contributed by atoms with van der Waals surface area (Å²) >= 11 is 0. The molecule has 0 saturated heterocycles. The Morgan fingerprint density at radius 1 is 0.447 bits per heavy atom. The molecule has 6 rings (SSSR count). The number of phenolic OH excluding ortho intramolecular Hbond substituents is 2. The van der Waals surface area contributed by atoms with Crippen molar-refractivity contribution in [2.45, 2.75) is 19.3 Å².